The summed E-state index contributed by atoms with van der Waals surface area (Å²) in [7, 11) is 0. The van der Waals surface area contributed by atoms with Gasteiger partial charge in [-0.25, -0.2) is 18.4 Å². The molecule has 0 saturated carbocycles. The second-order valence-electron chi connectivity index (χ2n) is 7.61. The Kier molecular flexibility index (Phi) is 6.24. The van der Waals surface area contributed by atoms with Crippen molar-refractivity contribution in [1.29, 1.82) is 0 Å². The molecule has 1 atom stereocenters. The molecule has 5 rings (SSSR count). The molecule has 0 radical (unpaired) electrons. The highest BCUT2D eigenvalue weighted by molar-refractivity contribution is 5.95. The van der Waals surface area contributed by atoms with Gasteiger partial charge in [-0.3, -0.25) is 4.79 Å². The zero-order valence-electron chi connectivity index (χ0n) is 17.3. The molecule has 1 aliphatic rings. The number of benzene rings is 2. The Hall–Kier alpha value is -3.59. The molecule has 7 nitrogen and oxygen atoms in total. The van der Waals surface area contributed by atoms with Crippen LogP contribution in [0, 0.1) is 0 Å². The Labute approximate surface area is 194 Å². The minimum atomic E-state index is -3.08. The number of carbonyl (C=O) groups is 1. The number of halogens is 3. The van der Waals surface area contributed by atoms with Crippen molar-refractivity contribution in [3.05, 3.63) is 78.6 Å². The third-order valence-electron chi connectivity index (χ3n) is 5.48. The second kappa shape index (κ2) is 9.11. The zero-order chi connectivity index (χ0) is 22.1. The third kappa shape index (κ3) is 4.63. The monoisotopic (exact) mass is 471 g/mol. The number of amides is 1. The summed E-state index contributed by atoms with van der Waals surface area (Å²) in [6, 6.07) is 17.5. The molecule has 1 saturated heterocycles. The van der Waals surface area contributed by atoms with Crippen molar-refractivity contribution in [2.24, 2.45) is 0 Å². The number of carbonyl (C=O) groups excluding carboxylic acids is 1. The number of hydrogen-bond donors (Lipinski definition) is 0. The normalized spacial score (nSPS) is 17.4. The summed E-state index contributed by atoms with van der Waals surface area (Å²) in [6.45, 7) is -0.307. The molecule has 2 aromatic carbocycles. The van der Waals surface area contributed by atoms with Crippen LogP contribution < -0.4 is 4.74 Å². The lowest BCUT2D eigenvalue weighted by Gasteiger charge is -2.38. The molecule has 0 N–H and O–H groups in total. The van der Waals surface area contributed by atoms with E-state index in [1.165, 1.54) is 15.8 Å². The van der Waals surface area contributed by atoms with Crippen LogP contribution in [-0.4, -0.2) is 55.9 Å². The molecule has 3 heterocycles. The molecule has 0 spiro atoms. The van der Waals surface area contributed by atoms with Crippen molar-refractivity contribution in [3.63, 3.8) is 0 Å². The van der Waals surface area contributed by atoms with Gasteiger partial charge in [-0.05, 0) is 30.3 Å². The standard InChI is InChI=1S/C23H19F2N5O2.ClH/c24-23(25)10-12-29(22(31)17-5-3-6-18(14-17)30-13-11-26-28-30)15-20(23)32-21-9-8-16-4-1-2-7-19(16)27-21;/h1-9,11,13-14,20H,10,12,15H2;1H/t20-;/m0./s1. The van der Waals surface area contributed by atoms with Crippen LogP contribution in [0.1, 0.15) is 16.8 Å². The molecule has 1 amide bonds. The van der Waals surface area contributed by atoms with Gasteiger partial charge in [0.1, 0.15) is 0 Å². The largest absolute Gasteiger partial charge is 0.466 e. The first-order chi connectivity index (χ1) is 15.5. The van der Waals surface area contributed by atoms with Gasteiger partial charge in [-0.2, -0.15) is 0 Å². The fraction of sp³-hybridized carbons (Fsp3) is 0.217. The minimum Gasteiger partial charge on any atom is -0.466 e. The van der Waals surface area contributed by atoms with Crippen LogP contribution in [-0.2, 0) is 0 Å². The van der Waals surface area contributed by atoms with Crippen molar-refractivity contribution >= 4 is 29.2 Å². The number of ether oxygens (including phenoxy) is 1. The maximum Gasteiger partial charge on any atom is 0.287 e. The van der Waals surface area contributed by atoms with E-state index in [2.05, 4.69) is 15.3 Å². The summed E-state index contributed by atoms with van der Waals surface area (Å²) in [6.07, 6.45) is 1.21. The van der Waals surface area contributed by atoms with Gasteiger partial charge in [0.15, 0.2) is 6.10 Å². The number of rotatable bonds is 4. The van der Waals surface area contributed by atoms with Gasteiger partial charge in [0.25, 0.3) is 11.8 Å². The fourth-order valence-corrected chi connectivity index (χ4v) is 3.75. The Bertz CT molecular complexity index is 1270. The Morgan fingerprint density at radius 2 is 1.94 bits per heavy atom. The van der Waals surface area contributed by atoms with E-state index in [1.54, 1.807) is 48.7 Å². The number of fused-ring (bicyclic) bond motifs is 1. The lowest BCUT2D eigenvalue weighted by molar-refractivity contribution is -0.131. The van der Waals surface area contributed by atoms with E-state index in [4.69, 9.17) is 4.74 Å². The number of likely N-dealkylation sites (tertiary alicyclic amines) is 1. The highest BCUT2D eigenvalue weighted by Crippen LogP contribution is 2.32. The van der Waals surface area contributed by atoms with E-state index in [1.807, 2.05) is 18.2 Å². The number of para-hydroxylation sites is 1. The van der Waals surface area contributed by atoms with Gasteiger partial charge in [0.05, 0.1) is 30.1 Å². The fourth-order valence-electron chi connectivity index (χ4n) is 3.75. The molecule has 0 unspecified atom stereocenters. The Morgan fingerprint density at radius 3 is 2.76 bits per heavy atom. The summed E-state index contributed by atoms with van der Waals surface area (Å²) in [5.41, 5.74) is 1.69. The quantitative estimate of drug-likeness (QED) is 0.447. The lowest BCUT2D eigenvalue weighted by atomic mass is 10.0. The van der Waals surface area contributed by atoms with Crippen molar-refractivity contribution < 1.29 is 18.3 Å². The lowest BCUT2D eigenvalue weighted by Crippen LogP contribution is -2.55. The van der Waals surface area contributed by atoms with E-state index in [0.717, 1.165) is 5.39 Å². The predicted octanol–water partition coefficient (Wildman–Crippen LogP) is 4.17. The number of aromatic nitrogens is 4. The van der Waals surface area contributed by atoms with E-state index >= 15 is 0 Å². The van der Waals surface area contributed by atoms with Crippen LogP contribution in [0.15, 0.2) is 73.1 Å². The van der Waals surface area contributed by atoms with E-state index in [9.17, 15) is 13.6 Å². The van der Waals surface area contributed by atoms with Crippen LogP contribution in [0.2, 0.25) is 0 Å². The van der Waals surface area contributed by atoms with Crippen molar-refractivity contribution in [1.82, 2.24) is 24.9 Å². The first kappa shape index (κ1) is 22.6. The topological polar surface area (TPSA) is 73.1 Å². The predicted molar refractivity (Wildman–Crippen MR) is 120 cm³/mol. The summed E-state index contributed by atoms with van der Waals surface area (Å²) in [5, 5.41) is 8.56. The summed E-state index contributed by atoms with van der Waals surface area (Å²) < 4.78 is 36.4. The molecule has 4 aromatic rings. The van der Waals surface area contributed by atoms with Crippen LogP contribution in [0.4, 0.5) is 8.78 Å². The van der Waals surface area contributed by atoms with Gasteiger partial charge < -0.3 is 9.64 Å². The van der Waals surface area contributed by atoms with Crippen LogP contribution in [0.5, 0.6) is 5.88 Å². The van der Waals surface area contributed by atoms with Gasteiger partial charge in [-0.15, -0.1) is 17.5 Å². The number of piperidine rings is 1. The summed E-state index contributed by atoms with van der Waals surface area (Å²) in [5.74, 6) is -3.31. The summed E-state index contributed by atoms with van der Waals surface area (Å²) >= 11 is 0. The molecule has 33 heavy (non-hydrogen) atoms. The molecule has 2 aromatic heterocycles. The first-order valence-electron chi connectivity index (χ1n) is 10.2. The molecular weight excluding hydrogens is 452 g/mol. The van der Waals surface area contributed by atoms with E-state index in [-0.39, 0.29) is 37.3 Å². The van der Waals surface area contributed by atoms with Crippen LogP contribution in [0.3, 0.4) is 0 Å². The number of alkyl halides is 2. The smallest absolute Gasteiger partial charge is 0.287 e. The highest BCUT2D eigenvalue weighted by Gasteiger charge is 2.47. The molecule has 1 aliphatic heterocycles. The van der Waals surface area contributed by atoms with Crippen LogP contribution >= 0.6 is 12.4 Å². The summed E-state index contributed by atoms with van der Waals surface area (Å²) in [4.78, 5) is 18.8. The number of pyridine rings is 1. The average Bonchev–Trinajstić information content (AvgIpc) is 3.35. The SMILES string of the molecule is Cl.O=C(c1cccc(-n2ccnn2)c1)N1CCC(F)(F)[C@@H](Oc2ccc3ccccc3n2)C1. The van der Waals surface area contributed by atoms with E-state index in [0.29, 0.717) is 16.8 Å². The first-order valence-corrected chi connectivity index (χ1v) is 10.2. The maximum absolute atomic E-state index is 14.6. The van der Waals surface area contributed by atoms with Gasteiger partial charge in [0.2, 0.25) is 5.88 Å². The van der Waals surface area contributed by atoms with Gasteiger partial charge in [0, 0.05) is 30.0 Å². The minimum absolute atomic E-state index is 0. The number of hydrogen-bond acceptors (Lipinski definition) is 5. The van der Waals surface area contributed by atoms with Gasteiger partial charge in [-0.1, -0.05) is 29.5 Å². The molecule has 0 aliphatic carbocycles. The molecule has 0 bridgehead atoms. The molecule has 10 heteroatoms. The van der Waals surface area contributed by atoms with Crippen molar-refractivity contribution in [2.75, 3.05) is 13.1 Å². The number of nitrogens with zero attached hydrogens (tertiary/aromatic N) is 5. The maximum atomic E-state index is 14.6. The molecule has 1 fully saturated rings. The van der Waals surface area contributed by atoms with E-state index < -0.39 is 18.4 Å². The van der Waals surface area contributed by atoms with Crippen molar-refractivity contribution in [2.45, 2.75) is 18.4 Å². The molecular formula is C23H20ClF2N5O2. The van der Waals surface area contributed by atoms with Gasteiger partial charge >= 0.3 is 0 Å². The second-order valence-corrected chi connectivity index (χ2v) is 7.61. The Balaban J connectivity index is 0.00000259. The average molecular weight is 472 g/mol. The molecule has 170 valence electrons. The Morgan fingerprint density at radius 1 is 1.09 bits per heavy atom. The van der Waals surface area contributed by atoms with Crippen LogP contribution in [0.25, 0.3) is 16.6 Å². The third-order valence-corrected chi connectivity index (χ3v) is 5.48. The zero-order valence-corrected chi connectivity index (χ0v) is 18.2. The van der Waals surface area contributed by atoms with Crippen molar-refractivity contribution in [3.8, 4) is 11.6 Å². The highest BCUT2D eigenvalue weighted by atomic mass is 35.5.